The van der Waals surface area contributed by atoms with Crippen LogP contribution < -0.4 is 11.3 Å². The molecule has 0 aliphatic carbocycles. The lowest BCUT2D eigenvalue weighted by Gasteiger charge is -2.35. The third-order valence-corrected chi connectivity index (χ3v) is 8.51. The molecule has 296 valence electrons. The van der Waals surface area contributed by atoms with Gasteiger partial charge in [-0.1, -0.05) is 60.4 Å². The lowest BCUT2D eigenvalue weighted by molar-refractivity contribution is 0.0357. The Hall–Kier alpha value is -4.93. The number of hydrogen-bond acceptors (Lipinski definition) is 5. The zero-order valence-electron chi connectivity index (χ0n) is 34.1. The maximum absolute atomic E-state index is 14.3. The fourth-order valence-corrected chi connectivity index (χ4v) is 5.51. The Bertz CT molecular complexity index is 1980. The number of carbonyl (C=O) groups excluding carboxylic acids is 4. The van der Waals surface area contributed by atoms with Gasteiger partial charge >= 0.3 is 0 Å². The zero-order valence-corrected chi connectivity index (χ0v) is 34.8. The fourth-order valence-electron chi connectivity index (χ4n) is 5.35. The predicted molar refractivity (Wildman–Crippen MR) is 217 cm³/mol. The van der Waals surface area contributed by atoms with Crippen molar-refractivity contribution in [3.63, 3.8) is 0 Å². The van der Waals surface area contributed by atoms with Crippen LogP contribution in [0.4, 0.5) is 8.78 Å². The second-order valence-corrected chi connectivity index (χ2v) is 15.8. The molecule has 4 rings (SSSR count). The fraction of sp³-hybridized carbons (Fsp3) is 0.364. The Balaban J connectivity index is 0.000000315. The first-order chi connectivity index (χ1) is 25.4. The largest absolute Gasteiger partial charge is 0.275 e. The molecule has 4 aromatic carbocycles. The molecule has 4 aromatic rings. The van der Waals surface area contributed by atoms with Crippen LogP contribution in [0.3, 0.4) is 0 Å². The minimum absolute atomic E-state index is 0.0612. The van der Waals surface area contributed by atoms with Crippen molar-refractivity contribution in [1.29, 1.82) is 0 Å². The first-order valence-electron chi connectivity index (χ1n) is 18.1. The topological polar surface area (TPSA) is 113 Å². The third kappa shape index (κ3) is 13.7. The molecule has 0 heterocycles. The summed E-state index contributed by atoms with van der Waals surface area (Å²) in [6, 6.07) is 20.2. The van der Waals surface area contributed by atoms with Gasteiger partial charge in [0, 0.05) is 11.1 Å². The van der Waals surface area contributed by atoms with Crippen molar-refractivity contribution in [2.45, 2.75) is 107 Å². The van der Waals surface area contributed by atoms with Crippen LogP contribution in [0.5, 0.6) is 0 Å². The number of nitrogens with zero attached hydrogens (tertiary/aromatic N) is 2. The summed E-state index contributed by atoms with van der Waals surface area (Å²) in [5, 5.41) is 1.79. The van der Waals surface area contributed by atoms with Crippen LogP contribution in [-0.2, 0) is 12.8 Å². The number of hydrazine groups is 2. The van der Waals surface area contributed by atoms with E-state index < -0.39 is 28.3 Å². The second-order valence-electron chi connectivity index (χ2n) is 15.5. The average molecular weight is 777 g/mol. The summed E-state index contributed by atoms with van der Waals surface area (Å²) in [7, 11) is 0. The molecule has 0 bridgehead atoms. The highest BCUT2D eigenvalue weighted by atomic mass is 35.5. The van der Waals surface area contributed by atoms with E-state index in [0.29, 0.717) is 17.5 Å². The molecule has 0 aliphatic heterocycles. The van der Waals surface area contributed by atoms with E-state index in [2.05, 4.69) is 5.43 Å². The number of halogens is 3. The molecular weight excluding hydrogens is 722 g/mol. The molecule has 3 N–H and O–H groups in total. The van der Waals surface area contributed by atoms with Gasteiger partial charge in [-0.15, -0.1) is 0 Å². The lowest BCUT2D eigenvalue weighted by Crippen LogP contribution is -2.56. The monoisotopic (exact) mass is 776 g/mol. The molecule has 0 aliphatic rings. The first kappa shape index (κ1) is 46.2. The van der Waals surface area contributed by atoms with Gasteiger partial charge in [-0.2, -0.15) is 0 Å². The zero-order chi connectivity index (χ0) is 42.0. The Morgan fingerprint density at radius 2 is 1.00 bits per heavy atom. The van der Waals surface area contributed by atoms with Crippen molar-refractivity contribution in [1.82, 2.24) is 15.4 Å². The molecule has 8 nitrogen and oxygen atoms in total. The van der Waals surface area contributed by atoms with E-state index in [0.717, 1.165) is 39.8 Å². The summed E-state index contributed by atoms with van der Waals surface area (Å²) in [5.41, 5.74) is 8.24. The Morgan fingerprint density at radius 1 is 0.618 bits per heavy atom. The third-order valence-electron chi connectivity index (χ3n) is 8.31. The van der Waals surface area contributed by atoms with Crippen molar-refractivity contribution in [3.8, 4) is 0 Å². The molecule has 0 unspecified atom stereocenters. The van der Waals surface area contributed by atoms with Crippen molar-refractivity contribution < 1.29 is 28.0 Å². The number of nitrogens with one attached hydrogen (secondary N) is 1. The first-order valence-corrected chi connectivity index (χ1v) is 18.4. The van der Waals surface area contributed by atoms with Crippen molar-refractivity contribution >= 4 is 34.6 Å². The molecular formula is C44H55ClF2N4O4. The van der Waals surface area contributed by atoms with Crippen LogP contribution in [0, 0.1) is 39.3 Å². The number of aryl methyl sites for hydroxylation is 6. The minimum atomic E-state index is -0.754. The van der Waals surface area contributed by atoms with Crippen LogP contribution in [0.1, 0.15) is 130 Å². The number of hydrogen-bond donors (Lipinski definition) is 2. The highest BCUT2D eigenvalue weighted by molar-refractivity contribution is 6.67. The van der Waals surface area contributed by atoms with Crippen LogP contribution >= 0.6 is 11.6 Å². The molecule has 0 atom stereocenters. The summed E-state index contributed by atoms with van der Waals surface area (Å²) in [6.07, 6.45) is 1.42. The molecule has 55 heavy (non-hydrogen) atoms. The smallest absolute Gasteiger partial charge is 0.272 e. The summed E-state index contributed by atoms with van der Waals surface area (Å²) in [5.74, 6) is 3.54. The van der Waals surface area contributed by atoms with E-state index in [-0.39, 0.29) is 28.5 Å². The molecule has 0 saturated carbocycles. The number of carbonyl (C=O) groups is 4. The molecule has 3 amide bonds. The maximum Gasteiger partial charge on any atom is 0.272 e. The van der Waals surface area contributed by atoms with Crippen LogP contribution in [0.15, 0.2) is 72.8 Å². The number of benzene rings is 4. The Labute approximate surface area is 330 Å². The van der Waals surface area contributed by atoms with Crippen LogP contribution in [0.2, 0.25) is 0 Å². The van der Waals surface area contributed by atoms with Gasteiger partial charge in [-0.05, 0) is 153 Å². The van der Waals surface area contributed by atoms with Crippen molar-refractivity contribution in [2.75, 3.05) is 0 Å². The molecule has 0 aromatic heterocycles. The minimum Gasteiger partial charge on any atom is -0.275 e. The van der Waals surface area contributed by atoms with Gasteiger partial charge in [0.15, 0.2) is 0 Å². The van der Waals surface area contributed by atoms with Gasteiger partial charge in [0.2, 0.25) is 0 Å². The van der Waals surface area contributed by atoms with E-state index in [1.807, 2.05) is 107 Å². The molecule has 0 radical (unpaired) electrons. The molecule has 0 spiro atoms. The van der Waals surface area contributed by atoms with E-state index in [9.17, 15) is 28.0 Å². The van der Waals surface area contributed by atoms with E-state index in [1.54, 1.807) is 24.3 Å². The SMILES string of the molecule is CCc1ccc(C(=O)Cl)c(F)c1.CCc1ccc(C(=O)NN(C(=O)c2cc(C)cc(C)c2)C(C)(C)C)c(F)c1.Cc1cc(C)cc(C(=O)N(N)C(C)(C)C)c1. The van der Waals surface area contributed by atoms with E-state index in [1.165, 1.54) is 34.3 Å². The molecule has 11 heteroatoms. The molecule has 0 saturated heterocycles. The number of nitrogens with two attached hydrogens (primary N) is 1. The van der Waals surface area contributed by atoms with Crippen molar-refractivity contribution in [3.05, 3.63) is 140 Å². The maximum atomic E-state index is 14.3. The van der Waals surface area contributed by atoms with Gasteiger partial charge in [-0.25, -0.2) is 19.6 Å². The Kier molecular flexibility index (Phi) is 16.5. The van der Waals surface area contributed by atoms with Gasteiger partial charge in [0.05, 0.1) is 22.2 Å². The van der Waals surface area contributed by atoms with Gasteiger partial charge in [0.1, 0.15) is 11.6 Å². The van der Waals surface area contributed by atoms with Crippen molar-refractivity contribution in [2.24, 2.45) is 5.84 Å². The van der Waals surface area contributed by atoms with Gasteiger partial charge in [0.25, 0.3) is 23.0 Å². The second kappa shape index (κ2) is 19.6. The van der Waals surface area contributed by atoms with E-state index >= 15 is 0 Å². The highest BCUT2D eigenvalue weighted by Crippen LogP contribution is 2.20. The predicted octanol–water partition coefficient (Wildman–Crippen LogP) is 9.78. The normalized spacial score (nSPS) is 11.0. The lowest BCUT2D eigenvalue weighted by atomic mass is 10.0. The number of amides is 3. The summed E-state index contributed by atoms with van der Waals surface area (Å²) in [6.45, 7) is 22.8. The van der Waals surface area contributed by atoms with Crippen LogP contribution in [-0.4, -0.2) is 44.1 Å². The van der Waals surface area contributed by atoms with E-state index in [4.69, 9.17) is 17.4 Å². The highest BCUT2D eigenvalue weighted by Gasteiger charge is 2.30. The number of rotatable bonds is 6. The van der Waals surface area contributed by atoms with Gasteiger partial charge < -0.3 is 0 Å². The molecule has 0 fully saturated rings. The summed E-state index contributed by atoms with van der Waals surface area (Å²) < 4.78 is 27.3. The van der Waals surface area contributed by atoms with Crippen LogP contribution in [0.25, 0.3) is 0 Å². The average Bonchev–Trinajstić information content (AvgIpc) is 3.08. The summed E-state index contributed by atoms with van der Waals surface area (Å²) in [4.78, 5) is 48.4. The Morgan fingerprint density at radius 3 is 1.33 bits per heavy atom. The summed E-state index contributed by atoms with van der Waals surface area (Å²) >= 11 is 5.13. The van der Waals surface area contributed by atoms with Gasteiger partial charge in [-0.3, -0.25) is 29.6 Å². The quantitative estimate of drug-likeness (QED) is 0.0877. The standard InChI is InChI=1S/C22H27FN2O2.C13H20N2O.C9H8ClFO/c1-7-16-8-9-18(19(23)13-16)20(26)24-25(22(4,5)6)21(27)17-11-14(2)10-15(3)12-17;1-9-6-10(2)8-11(7-9)12(16)15(14)13(3,4)5;1-2-6-3-4-7(9(10)12)8(11)5-6/h8-13H,7H2,1-6H3,(H,24,26);6-8H,14H2,1-5H3;3-5H,2H2,1H3.